The van der Waals surface area contributed by atoms with Gasteiger partial charge in [0.05, 0.1) is 0 Å². The van der Waals surface area contributed by atoms with Gasteiger partial charge < -0.3 is 10.4 Å². The van der Waals surface area contributed by atoms with Crippen LogP contribution in [0.1, 0.15) is 29.5 Å². The third-order valence-electron chi connectivity index (χ3n) is 3.72. The van der Waals surface area contributed by atoms with Crippen molar-refractivity contribution < 1.29 is 9.90 Å². The lowest BCUT2D eigenvalue weighted by Crippen LogP contribution is -2.49. The first-order valence-electron chi connectivity index (χ1n) is 7.15. The van der Waals surface area contributed by atoms with Crippen molar-refractivity contribution in [1.29, 1.82) is 0 Å². The molecular weight excluding hydrogens is 270 g/mol. The molecule has 0 spiro atoms. The van der Waals surface area contributed by atoms with E-state index >= 15 is 0 Å². The Balaban J connectivity index is 1.84. The highest BCUT2D eigenvalue weighted by atomic mass is 32.2. The SMILES string of the molecule is Cc1cc(C)cc(CCNC(=O)C2(O)CCSCC2)c1. The van der Waals surface area contributed by atoms with Crippen LogP contribution < -0.4 is 5.32 Å². The highest BCUT2D eigenvalue weighted by Crippen LogP contribution is 2.26. The first kappa shape index (κ1) is 15.4. The molecule has 1 aromatic rings. The quantitative estimate of drug-likeness (QED) is 0.895. The average Bonchev–Trinajstić information content (AvgIpc) is 2.38. The Kier molecular flexibility index (Phi) is 5.11. The van der Waals surface area contributed by atoms with Gasteiger partial charge in [-0.3, -0.25) is 4.79 Å². The molecule has 0 aromatic heterocycles. The molecule has 0 aliphatic carbocycles. The molecule has 4 heteroatoms. The molecule has 0 saturated carbocycles. The fourth-order valence-electron chi connectivity index (χ4n) is 2.63. The van der Waals surface area contributed by atoms with Gasteiger partial charge in [0.15, 0.2) is 0 Å². The summed E-state index contributed by atoms with van der Waals surface area (Å²) in [5, 5.41) is 13.2. The largest absolute Gasteiger partial charge is 0.380 e. The molecule has 1 amide bonds. The maximum Gasteiger partial charge on any atom is 0.252 e. The second-order valence-electron chi connectivity index (χ2n) is 5.65. The molecule has 0 unspecified atom stereocenters. The Bertz CT molecular complexity index is 461. The zero-order valence-corrected chi connectivity index (χ0v) is 13.1. The summed E-state index contributed by atoms with van der Waals surface area (Å²) >= 11 is 1.80. The van der Waals surface area contributed by atoms with Crippen molar-refractivity contribution in [3.63, 3.8) is 0 Å². The van der Waals surface area contributed by atoms with E-state index < -0.39 is 5.60 Å². The number of amides is 1. The normalized spacial score (nSPS) is 17.8. The fourth-order valence-corrected chi connectivity index (χ4v) is 3.80. The first-order valence-corrected chi connectivity index (χ1v) is 8.31. The molecule has 0 atom stereocenters. The standard InChI is InChI=1S/C16H23NO2S/c1-12-9-13(2)11-14(10-12)3-6-17-15(18)16(19)4-7-20-8-5-16/h9-11,19H,3-8H2,1-2H3,(H,17,18). The van der Waals surface area contributed by atoms with Gasteiger partial charge in [-0.2, -0.15) is 11.8 Å². The molecule has 2 rings (SSSR count). The number of aliphatic hydroxyl groups is 1. The van der Waals surface area contributed by atoms with E-state index in [0.29, 0.717) is 19.4 Å². The molecule has 0 radical (unpaired) electrons. The Morgan fingerprint density at radius 1 is 1.25 bits per heavy atom. The summed E-state index contributed by atoms with van der Waals surface area (Å²) in [4.78, 5) is 12.1. The minimum absolute atomic E-state index is 0.206. The Morgan fingerprint density at radius 2 is 1.85 bits per heavy atom. The van der Waals surface area contributed by atoms with Gasteiger partial charge in [0.1, 0.15) is 5.60 Å². The van der Waals surface area contributed by atoms with E-state index in [1.165, 1.54) is 16.7 Å². The smallest absolute Gasteiger partial charge is 0.252 e. The van der Waals surface area contributed by atoms with Crippen molar-refractivity contribution in [2.24, 2.45) is 0 Å². The van der Waals surface area contributed by atoms with Crippen molar-refractivity contribution >= 4 is 17.7 Å². The van der Waals surface area contributed by atoms with Gasteiger partial charge in [0.2, 0.25) is 0 Å². The molecule has 1 aliphatic rings. The minimum Gasteiger partial charge on any atom is -0.380 e. The molecular formula is C16H23NO2S. The summed E-state index contributed by atoms with van der Waals surface area (Å²) in [6.07, 6.45) is 1.93. The van der Waals surface area contributed by atoms with Crippen LogP contribution in [0.4, 0.5) is 0 Å². The third kappa shape index (κ3) is 4.00. The van der Waals surface area contributed by atoms with Gasteiger partial charge in [-0.1, -0.05) is 29.3 Å². The molecule has 2 N–H and O–H groups in total. The lowest BCUT2D eigenvalue weighted by molar-refractivity contribution is -0.140. The second-order valence-corrected chi connectivity index (χ2v) is 6.87. The second kappa shape index (κ2) is 6.64. The number of aryl methyl sites for hydroxylation is 2. The summed E-state index contributed by atoms with van der Waals surface area (Å²) in [7, 11) is 0. The van der Waals surface area contributed by atoms with Crippen LogP contribution in [0.2, 0.25) is 0 Å². The number of hydrogen-bond donors (Lipinski definition) is 2. The number of carbonyl (C=O) groups excluding carboxylic acids is 1. The molecule has 110 valence electrons. The van der Waals surface area contributed by atoms with Gasteiger partial charge >= 0.3 is 0 Å². The highest BCUT2D eigenvalue weighted by molar-refractivity contribution is 7.99. The van der Waals surface area contributed by atoms with Gasteiger partial charge in [0, 0.05) is 6.54 Å². The monoisotopic (exact) mass is 293 g/mol. The Morgan fingerprint density at radius 3 is 2.45 bits per heavy atom. The number of rotatable bonds is 4. The number of nitrogens with one attached hydrogen (secondary N) is 1. The Hall–Kier alpha value is -1.00. The summed E-state index contributed by atoms with van der Waals surface area (Å²) < 4.78 is 0. The predicted molar refractivity (Wildman–Crippen MR) is 84.1 cm³/mol. The lowest BCUT2D eigenvalue weighted by atomic mass is 9.95. The highest BCUT2D eigenvalue weighted by Gasteiger charge is 2.36. The summed E-state index contributed by atoms with van der Waals surface area (Å²) in [5.41, 5.74) is 2.57. The van der Waals surface area contributed by atoms with Crippen LogP contribution in [0, 0.1) is 13.8 Å². The van der Waals surface area contributed by atoms with Crippen molar-refractivity contribution in [2.75, 3.05) is 18.1 Å². The molecule has 1 fully saturated rings. The van der Waals surface area contributed by atoms with Gasteiger partial charge in [0.25, 0.3) is 5.91 Å². The predicted octanol–water partition coefficient (Wildman–Crippen LogP) is 2.22. The third-order valence-corrected chi connectivity index (χ3v) is 4.71. The molecule has 1 aliphatic heterocycles. The topological polar surface area (TPSA) is 49.3 Å². The van der Waals surface area contributed by atoms with Crippen LogP contribution in [0.3, 0.4) is 0 Å². The van der Waals surface area contributed by atoms with E-state index in [0.717, 1.165) is 17.9 Å². The Labute approximate surface area is 125 Å². The molecule has 1 heterocycles. The van der Waals surface area contributed by atoms with Crippen LogP contribution >= 0.6 is 11.8 Å². The maximum atomic E-state index is 12.1. The molecule has 20 heavy (non-hydrogen) atoms. The van der Waals surface area contributed by atoms with E-state index in [1.807, 2.05) is 0 Å². The first-order chi connectivity index (χ1) is 9.49. The van der Waals surface area contributed by atoms with Crippen molar-refractivity contribution in [3.8, 4) is 0 Å². The van der Waals surface area contributed by atoms with E-state index in [-0.39, 0.29) is 5.91 Å². The molecule has 1 saturated heterocycles. The van der Waals surface area contributed by atoms with Crippen molar-refractivity contribution in [1.82, 2.24) is 5.32 Å². The van der Waals surface area contributed by atoms with Crippen LogP contribution in [-0.2, 0) is 11.2 Å². The van der Waals surface area contributed by atoms with Gasteiger partial charge in [-0.15, -0.1) is 0 Å². The summed E-state index contributed by atoms with van der Waals surface area (Å²) in [6, 6.07) is 6.43. The van der Waals surface area contributed by atoms with Crippen LogP contribution in [0.5, 0.6) is 0 Å². The summed E-state index contributed by atoms with van der Waals surface area (Å²) in [6.45, 7) is 4.74. The van der Waals surface area contributed by atoms with E-state index in [1.54, 1.807) is 11.8 Å². The lowest BCUT2D eigenvalue weighted by Gasteiger charge is -2.30. The van der Waals surface area contributed by atoms with Crippen molar-refractivity contribution in [3.05, 3.63) is 34.9 Å². The minimum atomic E-state index is -1.15. The van der Waals surface area contributed by atoms with Crippen LogP contribution in [-0.4, -0.2) is 34.7 Å². The number of hydrogen-bond acceptors (Lipinski definition) is 3. The molecule has 1 aromatic carbocycles. The maximum absolute atomic E-state index is 12.1. The molecule has 0 bridgehead atoms. The average molecular weight is 293 g/mol. The van der Waals surface area contributed by atoms with E-state index in [2.05, 4.69) is 37.4 Å². The number of carbonyl (C=O) groups is 1. The van der Waals surface area contributed by atoms with Gasteiger partial charge in [-0.05, 0) is 50.2 Å². The zero-order valence-electron chi connectivity index (χ0n) is 12.2. The fraction of sp³-hybridized carbons (Fsp3) is 0.562. The summed E-state index contributed by atoms with van der Waals surface area (Å²) in [5.74, 6) is 1.52. The molecule has 3 nitrogen and oxygen atoms in total. The van der Waals surface area contributed by atoms with Gasteiger partial charge in [-0.25, -0.2) is 0 Å². The van der Waals surface area contributed by atoms with Crippen molar-refractivity contribution in [2.45, 2.75) is 38.7 Å². The van der Waals surface area contributed by atoms with E-state index in [9.17, 15) is 9.90 Å². The van der Waals surface area contributed by atoms with Crippen LogP contribution in [0.15, 0.2) is 18.2 Å². The van der Waals surface area contributed by atoms with Crippen LogP contribution in [0.25, 0.3) is 0 Å². The number of thioether (sulfide) groups is 1. The number of benzene rings is 1. The van der Waals surface area contributed by atoms with E-state index in [4.69, 9.17) is 0 Å². The zero-order chi connectivity index (χ0) is 14.6.